The van der Waals surface area contributed by atoms with Gasteiger partial charge in [0.2, 0.25) is 11.8 Å². The van der Waals surface area contributed by atoms with Crippen LogP contribution in [0.3, 0.4) is 0 Å². The smallest absolute Gasteiger partial charge is 0.242 e. The van der Waals surface area contributed by atoms with E-state index < -0.39 is 5.82 Å². The minimum absolute atomic E-state index is 0.0188. The van der Waals surface area contributed by atoms with Crippen molar-refractivity contribution in [2.45, 2.75) is 0 Å². The van der Waals surface area contributed by atoms with Crippen molar-refractivity contribution in [3.05, 3.63) is 33.6 Å². The van der Waals surface area contributed by atoms with Crippen LogP contribution in [0, 0.1) is 5.82 Å². The number of benzene rings is 1. The fourth-order valence-electron chi connectivity index (χ4n) is 1.64. The molecule has 0 radical (unpaired) electrons. The second-order valence-corrected chi connectivity index (χ2v) is 5.19. The SMILES string of the molecule is NNc1nc(Oc2cc(F)c(Cl)cc2Br)c2cn[nH]c2n1. The first-order chi connectivity index (χ1) is 10.1. The third-order valence-electron chi connectivity index (χ3n) is 2.59. The Balaban J connectivity index is 2.09. The highest BCUT2D eigenvalue weighted by Gasteiger charge is 2.14. The lowest BCUT2D eigenvalue weighted by Crippen LogP contribution is -2.11. The number of hydrogen-bond donors (Lipinski definition) is 3. The maximum absolute atomic E-state index is 13.5. The normalized spacial score (nSPS) is 10.9. The van der Waals surface area contributed by atoms with E-state index in [1.165, 1.54) is 12.3 Å². The van der Waals surface area contributed by atoms with E-state index in [0.717, 1.165) is 6.07 Å². The molecule has 10 heteroatoms. The summed E-state index contributed by atoms with van der Waals surface area (Å²) in [5.74, 6) is 5.20. The number of ether oxygens (including phenoxy) is 1. The third-order valence-corrected chi connectivity index (χ3v) is 3.49. The molecule has 3 aromatic rings. The number of rotatable bonds is 3. The van der Waals surface area contributed by atoms with Gasteiger partial charge in [0.05, 0.1) is 15.7 Å². The lowest BCUT2D eigenvalue weighted by atomic mass is 10.3. The van der Waals surface area contributed by atoms with Crippen molar-refractivity contribution in [1.29, 1.82) is 0 Å². The average Bonchev–Trinajstić information content (AvgIpc) is 2.93. The molecule has 0 aliphatic heterocycles. The number of nitrogen functional groups attached to an aromatic ring is 1. The van der Waals surface area contributed by atoms with Gasteiger partial charge in [-0.25, -0.2) is 10.2 Å². The van der Waals surface area contributed by atoms with Crippen molar-refractivity contribution in [3.8, 4) is 11.6 Å². The van der Waals surface area contributed by atoms with E-state index in [0.29, 0.717) is 15.5 Å². The van der Waals surface area contributed by atoms with Gasteiger partial charge in [0.25, 0.3) is 0 Å². The lowest BCUT2D eigenvalue weighted by Gasteiger charge is -2.09. The maximum Gasteiger partial charge on any atom is 0.242 e. The molecule has 0 bridgehead atoms. The molecular formula is C11H7BrClFN6O. The highest BCUT2D eigenvalue weighted by atomic mass is 79.9. The highest BCUT2D eigenvalue weighted by Crippen LogP contribution is 2.35. The topological polar surface area (TPSA) is 102 Å². The Morgan fingerprint density at radius 2 is 2.19 bits per heavy atom. The van der Waals surface area contributed by atoms with Crippen molar-refractivity contribution in [1.82, 2.24) is 20.2 Å². The highest BCUT2D eigenvalue weighted by molar-refractivity contribution is 9.10. The van der Waals surface area contributed by atoms with Crippen LogP contribution in [0.5, 0.6) is 11.6 Å². The van der Waals surface area contributed by atoms with Crippen LogP contribution in [0.1, 0.15) is 0 Å². The molecule has 4 N–H and O–H groups in total. The van der Waals surface area contributed by atoms with Crippen LogP contribution in [-0.2, 0) is 0 Å². The first kappa shape index (κ1) is 14.0. The summed E-state index contributed by atoms with van der Waals surface area (Å²) >= 11 is 8.93. The molecule has 0 unspecified atom stereocenters. The molecular weight excluding hydrogens is 367 g/mol. The summed E-state index contributed by atoms with van der Waals surface area (Å²) in [7, 11) is 0. The Labute approximate surface area is 130 Å². The predicted octanol–water partition coefficient (Wildman–Crippen LogP) is 2.99. The molecule has 0 spiro atoms. The number of nitrogens with two attached hydrogens (primary N) is 1. The van der Waals surface area contributed by atoms with E-state index in [1.54, 1.807) is 0 Å². The minimum atomic E-state index is -0.607. The number of hydrogen-bond acceptors (Lipinski definition) is 6. The Morgan fingerprint density at radius 1 is 1.38 bits per heavy atom. The molecule has 0 amide bonds. The third kappa shape index (κ3) is 2.62. The Hall–Kier alpha value is -1.97. The molecule has 0 saturated heterocycles. The molecule has 2 aromatic heterocycles. The quantitative estimate of drug-likeness (QED) is 0.371. The van der Waals surface area contributed by atoms with Crippen LogP contribution >= 0.6 is 27.5 Å². The second-order valence-electron chi connectivity index (χ2n) is 3.93. The summed E-state index contributed by atoms with van der Waals surface area (Å²) in [6.45, 7) is 0. The van der Waals surface area contributed by atoms with Crippen LogP contribution in [0.2, 0.25) is 5.02 Å². The first-order valence-electron chi connectivity index (χ1n) is 5.58. The van der Waals surface area contributed by atoms with Crippen LogP contribution in [-0.4, -0.2) is 20.2 Å². The molecule has 7 nitrogen and oxygen atoms in total. The van der Waals surface area contributed by atoms with Gasteiger partial charge in [-0.3, -0.25) is 10.5 Å². The van der Waals surface area contributed by atoms with E-state index >= 15 is 0 Å². The van der Waals surface area contributed by atoms with Gasteiger partial charge in [-0.1, -0.05) is 11.6 Å². The van der Waals surface area contributed by atoms with Gasteiger partial charge >= 0.3 is 0 Å². The molecule has 108 valence electrons. The van der Waals surface area contributed by atoms with Gasteiger partial charge in [-0.05, 0) is 22.0 Å². The van der Waals surface area contributed by atoms with Crippen LogP contribution in [0.15, 0.2) is 22.8 Å². The van der Waals surface area contributed by atoms with Crippen LogP contribution < -0.4 is 16.0 Å². The number of nitrogens with zero attached hydrogens (tertiary/aromatic N) is 3. The van der Waals surface area contributed by atoms with E-state index in [-0.39, 0.29) is 22.6 Å². The summed E-state index contributed by atoms with van der Waals surface area (Å²) in [4.78, 5) is 8.13. The molecule has 1 aromatic carbocycles. The average molecular weight is 374 g/mol. The van der Waals surface area contributed by atoms with Crippen molar-refractivity contribution in [3.63, 3.8) is 0 Å². The summed E-state index contributed by atoms with van der Waals surface area (Å²) < 4.78 is 19.6. The first-order valence-corrected chi connectivity index (χ1v) is 6.75. The van der Waals surface area contributed by atoms with Gasteiger partial charge in [0.15, 0.2) is 5.65 Å². The van der Waals surface area contributed by atoms with Crippen molar-refractivity contribution < 1.29 is 9.13 Å². The molecule has 3 rings (SSSR count). The number of fused-ring (bicyclic) bond motifs is 1. The van der Waals surface area contributed by atoms with E-state index in [9.17, 15) is 4.39 Å². The lowest BCUT2D eigenvalue weighted by molar-refractivity contribution is 0.461. The second kappa shape index (κ2) is 5.43. The van der Waals surface area contributed by atoms with Crippen LogP contribution in [0.25, 0.3) is 11.0 Å². The van der Waals surface area contributed by atoms with Gasteiger partial charge in [0.1, 0.15) is 17.0 Å². The predicted molar refractivity (Wildman–Crippen MR) is 78.7 cm³/mol. The fourth-order valence-corrected chi connectivity index (χ4v) is 2.36. The van der Waals surface area contributed by atoms with Crippen molar-refractivity contribution in [2.24, 2.45) is 5.84 Å². The zero-order chi connectivity index (χ0) is 15.0. The van der Waals surface area contributed by atoms with Gasteiger partial charge in [0, 0.05) is 6.07 Å². The number of hydrazine groups is 1. The molecule has 21 heavy (non-hydrogen) atoms. The number of nitrogens with one attached hydrogen (secondary N) is 2. The summed E-state index contributed by atoms with van der Waals surface area (Å²) in [6.07, 6.45) is 1.49. The molecule has 0 atom stereocenters. The Kier molecular flexibility index (Phi) is 3.62. The summed E-state index contributed by atoms with van der Waals surface area (Å²) in [5.41, 5.74) is 2.74. The number of aromatic nitrogens is 4. The van der Waals surface area contributed by atoms with E-state index in [2.05, 4.69) is 41.5 Å². The Morgan fingerprint density at radius 3 is 2.95 bits per heavy atom. The largest absolute Gasteiger partial charge is 0.437 e. The maximum atomic E-state index is 13.5. The molecule has 0 aliphatic rings. The minimum Gasteiger partial charge on any atom is -0.437 e. The van der Waals surface area contributed by atoms with Gasteiger partial charge in [-0.2, -0.15) is 15.1 Å². The molecule has 0 aliphatic carbocycles. The molecule has 0 fully saturated rings. The summed E-state index contributed by atoms with van der Waals surface area (Å²) in [5, 5.41) is 7.03. The van der Waals surface area contributed by atoms with Crippen molar-refractivity contribution in [2.75, 3.05) is 5.43 Å². The standard InChI is InChI=1S/C11H7BrClFN6O/c12-5-1-6(13)7(14)2-8(5)21-10-4-3-16-20-9(4)17-11(18-10)19-15/h1-3H,15H2,(H2,16,17,18,19,20). The van der Waals surface area contributed by atoms with E-state index in [1.807, 2.05) is 0 Å². The summed E-state index contributed by atoms with van der Waals surface area (Å²) in [6, 6.07) is 2.54. The zero-order valence-electron chi connectivity index (χ0n) is 10.2. The van der Waals surface area contributed by atoms with Gasteiger partial charge < -0.3 is 4.74 Å². The van der Waals surface area contributed by atoms with Crippen LogP contribution in [0.4, 0.5) is 10.3 Å². The number of halogens is 3. The monoisotopic (exact) mass is 372 g/mol. The molecule has 2 heterocycles. The Bertz CT molecular complexity index is 826. The number of anilines is 1. The van der Waals surface area contributed by atoms with Crippen molar-refractivity contribution >= 4 is 44.5 Å². The zero-order valence-corrected chi connectivity index (χ0v) is 12.5. The van der Waals surface area contributed by atoms with E-state index in [4.69, 9.17) is 22.2 Å². The van der Waals surface area contributed by atoms with Gasteiger partial charge in [-0.15, -0.1) is 0 Å². The number of aromatic amines is 1. The number of H-pyrrole nitrogens is 1. The molecule has 0 saturated carbocycles. The fraction of sp³-hybridized carbons (Fsp3) is 0.